The van der Waals surface area contributed by atoms with E-state index in [1.165, 1.54) is 11.1 Å². The third kappa shape index (κ3) is 6.51. The van der Waals surface area contributed by atoms with Crippen molar-refractivity contribution in [3.8, 4) is 5.75 Å². The molecule has 2 aromatic rings. The zero-order valence-corrected chi connectivity index (χ0v) is 28.6. The lowest BCUT2D eigenvalue weighted by atomic mass is 9.61. The highest BCUT2D eigenvalue weighted by Crippen LogP contribution is 2.53. The van der Waals surface area contributed by atoms with Crippen LogP contribution in [0.4, 0.5) is 5.69 Å². The van der Waals surface area contributed by atoms with Crippen LogP contribution in [0.1, 0.15) is 100 Å². The average Bonchev–Trinajstić information content (AvgIpc) is 3.16. The van der Waals surface area contributed by atoms with E-state index in [4.69, 9.17) is 21.1 Å². The summed E-state index contributed by atoms with van der Waals surface area (Å²) < 4.78 is 28.9. The molecule has 3 heterocycles. The van der Waals surface area contributed by atoms with Gasteiger partial charge in [0, 0.05) is 41.9 Å². The average molecular weight is 655 g/mol. The molecule has 0 radical (unpaired) electrons. The molecule has 2 bridgehead atoms. The number of nitrogens with zero attached hydrogens (tertiary/aromatic N) is 1. The quantitative estimate of drug-likeness (QED) is 0.352. The highest BCUT2D eigenvalue weighted by molar-refractivity contribution is 7.84. The van der Waals surface area contributed by atoms with Crippen molar-refractivity contribution in [2.45, 2.75) is 95.8 Å². The van der Waals surface area contributed by atoms with Crippen LogP contribution in [0, 0.1) is 23.7 Å². The highest BCUT2D eigenvalue weighted by atomic mass is 35.5. The Morgan fingerprint density at radius 3 is 2.60 bits per heavy atom. The molecule has 2 aromatic carbocycles. The van der Waals surface area contributed by atoms with Gasteiger partial charge in [0.1, 0.15) is 22.3 Å². The van der Waals surface area contributed by atoms with E-state index in [1.54, 1.807) is 6.07 Å². The van der Waals surface area contributed by atoms with Gasteiger partial charge in [-0.2, -0.15) is 0 Å². The van der Waals surface area contributed by atoms with E-state index in [-0.39, 0.29) is 40.8 Å². The lowest BCUT2D eigenvalue weighted by molar-refractivity contribution is -0.162. The summed E-state index contributed by atoms with van der Waals surface area (Å²) >= 11 is 6.44. The number of halogens is 1. The van der Waals surface area contributed by atoms with Crippen molar-refractivity contribution in [1.29, 1.82) is 0 Å². The maximum atomic E-state index is 13.4. The molecular weight excluding hydrogens is 608 g/mol. The predicted molar refractivity (Wildman–Crippen MR) is 179 cm³/mol. The van der Waals surface area contributed by atoms with Crippen molar-refractivity contribution >= 4 is 40.2 Å². The van der Waals surface area contributed by atoms with Crippen molar-refractivity contribution in [3.63, 3.8) is 0 Å². The number of aryl methyl sites for hydroxylation is 1. The summed E-state index contributed by atoms with van der Waals surface area (Å²) in [6, 6.07) is 11.7. The molecule has 244 valence electrons. The summed E-state index contributed by atoms with van der Waals surface area (Å²) in [6.07, 6.45) is 7.40. The molecule has 6 unspecified atom stereocenters. The molecule has 4 aliphatic rings. The Morgan fingerprint density at radius 1 is 1.07 bits per heavy atom. The molecule has 1 spiro atoms. The highest BCUT2D eigenvalue weighted by Gasteiger charge is 2.55. The van der Waals surface area contributed by atoms with Gasteiger partial charge in [-0.25, -0.2) is 4.21 Å². The molecule has 1 N–H and O–H groups in total. The van der Waals surface area contributed by atoms with Crippen molar-refractivity contribution in [1.82, 2.24) is 4.72 Å². The Labute approximate surface area is 275 Å². The molecular formula is C36H47ClN2O5S. The third-order valence-electron chi connectivity index (χ3n) is 11.0. The fourth-order valence-corrected chi connectivity index (χ4v) is 9.38. The van der Waals surface area contributed by atoms with E-state index >= 15 is 0 Å². The van der Waals surface area contributed by atoms with Gasteiger partial charge in [0.15, 0.2) is 0 Å². The van der Waals surface area contributed by atoms with Crippen LogP contribution in [0.15, 0.2) is 36.4 Å². The summed E-state index contributed by atoms with van der Waals surface area (Å²) in [5, 5.41) is 0.530. The van der Waals surface area contributed by atoms with Gasteiger partial charge < -0.3 is 14.4 Å². The van der Waals surface area contributed by atoms with Crippen LogP contribution in [-0.2, 0) is 26.9 Å². The molecule has 2 fully saturated rings. The molecule has 9 heteroatoms. The van der Waals surface area contributed by atoms with Gasteiger partial charge in [-0.15, -0.1) is 0 Å². The minimum atomic E-state index is -1.53. The first-order valence-electron chi connectivity index (χ1n) is 16.8. The van der Waals surface area contributed by atoms with E-state index in [9.17, 15) is 13.8 Å². The largest absolute Gasteiger partial charge is 0.491 e. The topological polar surface area (TPSA) is 84.9 Å². The second-order valence-corrected chi connectivity index (χ2v) is 16.0. The fourth-order valence-electron chi connectivity index (χ4n) is 8.14. The number of amides is 1. The normalized spacial score (nSPS) is 33.8. The van der Waals surface area contributed by atoms with E-state index in [2.05, 4.69) is 35.6 Å². The van der Waals surface area contributed by atoms with Gasteiger partial charge in [-0.05, 0) is 98.7 Å². The number of anilines is 1. The van der Waals surface area contributed by atoms with Crippen LogP contribution in [0.2, 0.25) is 5.02 Å². The Bertz CT molecular complexity index is 1470. The molecule has 8 atom stereocenters. The number of carbonyl (C=O) groups excluding carboxylic acids is 2. The van der Waals surface area contributed by atoms with Crippen LogP contribution >= 0.6 is 11.6 Å². The van der Waals surface area contributed by atoms with Gasteiger partial charge in [0.05, 0.1) is 23.5 Å². The van der Waals surface area contributed by atoms with E-state index < -0.39 is 16.6 Å². The summed E-state index contributed by atoms with van der Waals surface area (Å²) in [5.41, 5.74) is 3.39. The van der Waals surface area contributed by atoms with E-state index in [0.29, 0.717) is 18.1 Å². The number of fused-ring (bicyclic) bond motifs is 3. The molecule has 45 heavy (non-hydrogen) atoms. The smallest absolute Gasteiger partial charge is 0.309 e. The monoisotopic (exact) mass is 654 g/mol. The number of benzene rings is 2. The summed E-state index contributed by atoms with van der Waals surface area (Å²) in [5.74, 6) is 1.11. The second kappa shape index (κ2) is 13.3. The number of hydrogen-bond acceptors (Lipinski definition) is 6. The molecule has 6 rings (SSSR count). The van der Waals surface area contributed by atoms with Crippen LogP contribution in [0.25, 0.3) is 0 Å². The van der Waals surface area contributed by atoms with Crippen molar-refractivity contribution in [2.24, 2.45) is 23.7 Å². The lowest BCUT2D eigenvalue weighted by Gasteiger charge is -2.49. The standard InChI is InChI=1S/C36H47ClN2O5S/c1-5-7-25-16-29(37)11-12-30(25)28-20-39-19-27-9-13-31(27)36(18-23(3)35(41)44-36)15-6-8-22(2)24(4)45(42)38-34(40)26-10-14-33(43-21-28)32(39)17-26/h10-12,14,16-17,22-24,27-28,31H,5-9,13,15,18-21H2,1-4H3,(H,38,40)/t22?,23-,24?,27?,28?,31?,36+,45?/m0/s1. The number of ether oxygens (including phenoxy) is 2. The van der Waals surface area contributed by atoms with Gasteiger partial charge in [0.2, 0.25) is 0 Å². The SMILES string of the molecule is CCCc1cc(Cl)ccc1C1COc2ccc3cc2N(C1)CC1CCC1[C@@]1(CCCC(C)C(C)S(=O)NC3=O)C[C@H](C)C(=O)O1. The Morgan fingerprint density at radius 2 is 1.89 bits per heavy atom. The maximum absolute atomic E-state index is 13.4. The number of esters is 1. The maximum Gasteiger partial charge on any atom is 0.309 e. The first-order valence-corrected chi connectivity index (χ1v) is 18.4. The lowest BCUT2D eigenvalue weighted by Crippen LogP contribution is -2.51. The molecule has 7 nitrogen and oxygen atoms in total. The van der Waals surface area contributed by atoms with Crippen LogP contribution in [-0.4, -0.2) is 46.6 Å². The van der Waals surface area contributed by atoms with Gasteiger partial charge in [-0.3, -0.25) is 14.3 Å². The fraction of sp³-hybridized carbons (Fsp3) is 0.611. The first-order chi connectivity index (χ1) is 21.6. The Kier molecular flexibility index (Phi) is 9.54. The molecule has 3 aliphatic heterocycles. The minimum Gasteiger partial charge on any atom is -0.491 e. The van der Waals surface area contributed by atoms with Crippen LogP contribution in [0.5, 0.6) is 5.75 Å². The van der Waals surface area contributed by atoms with Gasteiger partial charge in [-0.1, -0.05) is 44.9 Å². The van der Waals surface area contributed by atoms with E-state index in [0.717, 1.165) is 80.9 Å². The predicted octanol–water partition coefficient (Wildman–Crippen LogP) is 7.23. The number of nitrogens with one attached hydrogen (secondary N) is 1. The molecule has 1 amide bonds. The molecule has 1 saturated carbocycles. The van der Waals surface area contributed by atoms with Crippen LogP contribution < -0.4 is 14.4 Å². The number of rotatable bonds is 3. The van der Waals surface area contributed by atoms with Gasteiger partial charge in [0.25, 0.3) is 5.91 Å². The minimum absolute atomic E-state index is 0.0790. The Balaban J connectivity index is 1.39. The van der Waals surface area contributed by atoms with Crippen LogP contribution in [0.3, 0.4) is 0 Å². The zero-order valence-electron chi connectivity index (χ0n) is 27.0. The van der Waals surface area contributed by atoms with Gasteiger partial charge >= 0.3 is 5.97 Å². The zero-order chi connectivity index (χ0) is 31.9. The molecule has 1 aliphatic carbocycles. The molecule has 0 aromatic heterocycles. The van der Waals surface area contributed by atoms with Crippen molar-refractivity contribution in [3.05, 3.63) is 58.1 Å². The number of carbonyl (C=O) groups is 2. The number of hydrogen-bond donors (Lipinski definition) is 1. The Hall–Kier alpha value is -2.58. The summed E-state index contributed by atoms with van der Waals surface area (Å²) in [7, 11) is -1.53. The second-order valence-electron chi connectivity index (χ2n) is 14.0. The summed E-state index contributed by atoms with van der Waals surface area (Å²) in [4.78, 5) is 28.7. The van der Waals surface area contributed by atoms with Crippen molar-refractivity contribution < 1.29 is 23.3 Å². The molecule has 1 saturated heterocycles. The first kappa shape index (κ1) is 32.4. The van der Waals surface area contributed by atoms with E-state index in [1.807, 2.05) is 32.0 Å². The van der Waals surface area contributed by atoms with Crippen molar-refractivity contribution in [2.75, 3.05) is 24.6 Å². The summed E-state index contributed by atoms with van der Waals surface area (Å²) in [6.45, 7) is 10.2. The third-order valence-corrected chi connectivity index (χ3v) is 12.8.